The Labute approximate surface area is 172 Å². The maximum Gasteiger partial charge on any atom is 0.309 e. The average molecular weight is 405 g/mol. The van der Waals surface area contributed by atoms with Gasteiger partial charge in [0.15, 0.2) is 0 Å². The van der Waals surface area contributed by atoms with Crippen LogP contribution in [0.5, 0.6) is 0 Å². The molecule has 28 heavy (non-hydrogen) atoms. The summed E-state index contributed by atoms with van der Waals surface area (Å²) in [7, 11) is 0. The van der Waals surface area contributed by atoms with Crippen molar-refractivity contribution in [1.82, 2.24) is 0 Å². The molecule has 168 valence electrons. The number of unbranched alkanes of at least 4 members (excludes halogenated alkanes) is 2. The Balaban J connectivity index is 0. The molecule has 0 aromatic heterocycles. The Morgan fingerprint density at radius 3 is 1.75 bits per heavy atom. The van der Waals surface area contributed by atoms with Gasteiger partial charge in [-0.1, -0.05) is 53.4 Å². The molecule has 0 aliphatic carbocycles. The van der Waals surface area contributed by atoms with Gasteiger partial charge in [0, 0.05) is 0 Å². The molecule has 2 N–H and O–H groups in total. The molecule has 1 aliphatic rings. The minimum atomic E-state index is -0.643. The van der Waals surface area contributed by atoms with Gasteiger partial charge in [0.25, 0.3) is 0 Å². The molecule has 0 radical (unpaired) electrons. The van der Waals surface area contributed by atoms with E-state index in [-0.39, 0.29) is 24.4 Å². The number of aliphatic carboxylic acids is 1. The van der Waals surface area contributed by atoms with Crippen molar-refractivity contribution in [2.45, 2.75) is 105 Å². The highest BCUT2D eigenvalue weighted by molar-refractivity contribution is 5.72. The lowest BCUT2D eigenvalue weighted by Crippen LogP contribution is -2.21. The fraction of sp³-hybridized carbons (Fsp3) is 0.909. The van der Waals surface area contributed by atoms with Crippen molar-refractivity contribution in [3.63, 3.8) is 0 Å². The number of hydrogen-bond acceptors (Lipinski definition) is 5. The first-order valence-corrected chi connectivity index (χ1v) is 10.9. The van der Waals surface area contributed by atoms with E-state index in [4.69, 9.17) is 19.7 Å². The van der Waals surface area contributed by atoms with E-state index in [9.17, 15) is 9.59 Å². The van der Waals surface area contributed by atoms with Crippen LogP contribution in [0.4, 0.5) is 0 Å². The Morgan fingerprint density at radius 1 is 1.04 bits per heavy atom. The molecule has 6 heteroatoms. The lowest BCUT2D eigenvalue weighted by atomic mass is 10.00. The first-order chi connectivity index (χ1) is 13.2. The van der Waals surface area contributed by atoms with Gasteiger partial charge in [-0.25, -0.2) is 0 Å². The van der Waals surface area contributed by atoms with Crippen LogP contribution >= 0.6 is 0 Å². The predicted octanol–water partition coefficient (Wildman–Crippen LogP) is 4.82. The monoisotopic (exact) mass is 404 g/mol. The molecule has 0 bridgehead atoms. The highest BCUT2D eigenvalue weighted by Crippen LogP contribution is 2.14. The molecule has 1 aliphatic heterocycles. The molecule has 1 heterocycles. The summed E-state index contributed by atoms with van der Waals surface area (Å²) >= 11 is 0. The molecular formula is C22H44O6. The first-order valence-electron chi connectivity index (χ1n) is 10.9. The molecule has 6 nitrogen and oxygen atoms in total. The molecule has 1 fully saturated rings. The second kappa shape index (κ2) is 19.2. The fourth-order valence-corrected chi connectivity index (χ4v) is 2.31. The third kappa shape index (κ3) is 19.6. The Morgan fingerprint density at radius 2 is 1.46 bits per heavy atom. The second-order valence-electron chi connectivity index (χ2n) is 7.46. The van der Waals surface area contributed by atoms with Crippen molar-refractivity contribution < 1.29 is 29.3 Å². The number of hydrogen-bond donors (Lipinski definition) is 2. The number of carbonyl (C=O) groups excluding carboxylic acids is 1. The quantitative estimate of drug-likeness (QED) is 0.357. The normalized spacial score (nSPS) is 17.8. The van der Waals surface area contributed by atoms with E-state index in [1.54, 1.807) is 6.92 Å². The highest BCUT2D eigenvalue weighted by atomic mass is 16.6. The van der Waals surface area contributed by atoms with E-state index in [0.717, 1.165) is 58.0 Å². The summed E-state index contributed by atoms with van der Waals surface area (Å²) in [6.45, 7) is 12.9. The van der Waals surface area contributed by atoms with E-state index in [1.165, 1.54) is 0 Å². The van der Waals surface area contributed by atoms with Crippen LogP contribution in [0.1, 0.15) is 92.9 Å². The molecule has 1 rings (SSSR count). The zero-order valence-electron chi connectivity index (χ0n) is 18.9. The van der Waals surface area contributed by atoms with Crippen molar-refractivity contribution in [3.05, 3.63) is 0 Å². The van der Waals surface area contributed by atoms with Gasteiger partial charge in [0.1, 0.15) is 6.61 Å². The van der Waals surface area contributed by atoms with Gasteiger partial charge in [-0.15, -0.1) is 0 Å². The summed E-state index contributed by atoms with van der Waals surface area (Å²) in [4.78, 5) is 21.9. The van der Waals surface area contributed by atoms with Gasteiger partial charge in [0.2, 0.25) is 0 Å². The molecule has 4 unspecified atom stereocenters. The number of aliphatic hydroxyl groups is 1. The number of carbonyl (C=O) groups is 2. The number of aliphatic hydroxyl groups excluding tert-OH is 1. The standard InChI is InChI=1S/C11H22O3.C8H16O2.C3H6O/c1-4-6-7-10(5-2)11(13)14-8-9(3)12;1-3-5-6-7(4-2)8(9)10;1-3-2-4-3/h9-10,12H,4-8H2,1-3H3;7H,3-6H2,1-2H3,(H,9,10);3H,2H2,1H3. The Hall–Kier alpha value is -1.14. The van der Waals surface area contributed by atoms with Crippen LogP contribution in [0.15, 0.2) is 0 Å². The topological polar surface area (TPSA) is 96.4 Å². The molecule has 0 aromatic carbocycles. The van der Waals surface area contributed by atoms with E-state index < -0.39 is 12.1 Å². The van der Waals surface area contributed by atoms with E-state index in [1.807, 2.05) is 13.8 Å². The summed E-state index contributed by atoms with van der Waals surface area (Å²) in [5.41, 5.74) is 0. The van der Waals surface area contributed by atoms with Gasteiger partial charge in [0.05, 0.1) is 30.7 Å². The van der Waals surface area contributed by atoms with Crippen LogP contribution in [0, 0.1) is 11.8 Å². The first kappa shape index (κ1) is 29.1. The van der Waals surface area contributed by atoms with Crippen molar-refractivity contribution in [3.8, 4) is 0 Å². The van der Waals surface area contributed by atoms with Gasteiger partial charge in [-0.2, -0.15) is 0 Å². The molecule has 0 saturated carbocycles. The molecule has 0 amide bonds. The van der Waals surface area contributed by atoms with E-state index in [0.29, 0.717) is 6.10 Å². The van der Waals surface area contributed by atoms with Crippen LogP contribution in [0.25, 0.3) is 0 Å². The van der Waals surface area contributed by atoms with Crippen molar-refractivity contribution >= 4 is 11.9 Å². The molecule has 0 spiro atoms. The summed E-state index contributed by atoms with van der Waals surface area (Å²) in [5.74, 6) is -0.911. The minimum Gasteiger partial charge on any atom is -0.481 e. The number of esters is 1. The number of ether oxygens (including phenoxy) is 2. The third-order valence-corrected chi connectivity index (χ3v) is 4.45. The zero-order valence-corrected chi connectivity index (χ0v) is 18.9. The smallest absolute Gasteiger partial charge is 0.309 e. The van der Waals surface area contributed by atoms with Gasteiger partial charge >= 0.3 is 11.9 Å². The Bertz CT molecular complexity index is 379. The van der Waals surface area contributed by atoms with Crippen LogP contribution in [-0.4, -0.2) is 47.6 Å². The van der Waals surface area contributed by atoms with E-state index >= 15 is 0 Å². The van der Waals surface area contributed by atoms with Gasteiger partial charge in [-0.3, -0.25) is 9.59 Å². The van der Waals surface area contributed by atoms with Crippen LogP contribution in [0.3, 0.4) is 0 Å². The SMILES string of the molecule is CC1CO1.CCCCC(CC)C(=O)O.CCCCC(CC)C(=O)OCC(C)O. The maximum absolute atomic E-state index is 11.5. The number of carboxylic acids is 1. The predicted molar refractivity (Wildman–Crippen MR) is 112 cm³/mol. The maximum atomic E-state index is 11.5. The van der Waals surface area contributed by atoms with Crippen LogP contribution in [-0.2, 0) is 19.1 Å². The number of carboxylic acid groups (broad SMARTS) is 1. The third-order valence-electron chi connectivity index (χ3n) is 4.45. The van der Waals surface area contributed by atoms with Crippen LogP contribution < -0.4 is 0 Å². The fourth-order valence-electron chi connectivity index (χ4n) is 2.31. The highest BCUT2D eigenvalue weighted by Gasteiger charge is 2.17. The average Bonchev–Trinajstić information content (AvgIpc) is 3.44. The largest absolute Gasteiger partial charge is 0.481 e. The molecule has 1 saturated heterocycles. The summed E-state index contributed by atoms with van der Waals surface area (Å²) < 4.78 is 9.67. The van der Waals surface area contributed by atoms with Crippen LogP contribution in [0.2, 0.25) is 0 Å². The summed E-state index contributed by atoms with van der Waals surface area (Å²) in [6.07, 6.45) is 7.60. The number of rotatable bonds is 12. The summed E-state index contributed by atoms with van der Waals surface area (Å²) in [5, 5.41) is 17.6. The van der Waals surface area contributed by atoms with Crippen molar-refractivity contribution in [1.29, 1.82) is 0 Å². The lowest BCUT2D eigenvalue weighted by Gasteiger charge is -2.14. The van der Waals surface area contributed by atoms with Gasteiger partial charge in [-0.05, 0) is 39.5 Å². The lowest BCUT2D eigenvalue weighted by molar-refractivity contribution is -0.151. The minimum absolute atomic E-state index is 0.00806. The van der Waals surface area contributed by atoms with Crippen molar-refractivity contribution in [2.24, 2.45) is 11.8 Å². The number of epoxide rings is 1. The molecule has 0 aromatic rings. The molecular weight excluding hydrogens is 360 g/mol. The second-order valence-corrected chi connectivity index (χ2v) is 7.46. The zero-order chi connectivity index (χ0) is 21.9. The molecule has 4 atom stereocenters. The summed E-state index contributed by atoms with van der Waals surface area (Å²) in [6, 6.07) is 0. The van der Waals surface area contributed by atoms with Gasteiger partial charge < -0.3 is 19.7 Å². The van der Waals surface area contributed by atoms with E-state index in [2.05, 4.69) is 20.8 Å². The Kier molecular flexibility index (Phi) is 19.9. The van der Waals surface area contributed by atoms with Crippen molar-refractivity contribution in [2.75, 3.05) is 13.2 Å².